The second-order valence-electron chi connectivity index (χ2n) is 6.79. The minimum Gasteiger partial charge on any atom is -0.295 e. The van der Waals surface area contributed by atoms with Crippen LogP contribution in [0.2, 0.25) is 0 Å². The number of alkyl halides is 3. The molecule has 0 aliphatic heterocycles. The van der Waals surface area contributed by atoms with Gasteiger partial charge < -0.3 is 0 Å². The van der Waals surface area contributed by atoms with Gasteiger partial charge in [-0.15, -0.1) is 0 Å². The van der Waals surface area contributed by atoms with Crippen molar-refractivity contribution in [2.75, 3.05) is 0 Å². The van der Waals surface area contributed by atoms with Crippen molar-refractivity contribution >= 4 is 11.9 Å². The fourth-order valence-electron chi connectivity index (χ4n) is 3.05. The van der Waals surface area contributed by atoms with Gasteiger partial charge in [-0.3, -0.25) is 4.79 Å². The van der Waals surface area contributed by atoms with E-state index in [4.69, 9.17) is 0 Å². The van der Waals surface area contributed by atoms with Gasteiger partial charge >= 0.3 is 6.18 Å². The molecule has 1 unspecified atom stereocenters. The van der Waals surface area contributed by atoms with Gasteiger partial charge in [-0.25, -0.2) is 0 Å². The normalized spacial score (nSPS) is 13.2. The summed E-state index contributed by atoms with van der Waals surface area (Å²) < 4.78 is 40.9. The van der Waals surface area contributed by atoms with E-state index < -0.39 is 12.1 Å². The van der Waals surface area contributed by atoms with E-state index in [0.717, 1.165) is 22.3 Å². The molecule has 0 saturated heterocycles. The first-order chi connectivity index (χ1) is 12.0. The van der Waals surface area contributed by atoms with E-state index in [9.17, 15) is 18.0 Å². The Hall–Kier alpha value is -2.36. The zero-order valence-electron chi connectivity index (χ0n) is 15.7. The number of Topliss-reactive ketones (excluding diaryl/α,β-unsaturated/α-hetero) is 1. The Morgan fingerprint density at radius 2 is 1.54 bits per heavy atom. The molecule has 0 fully saturated rings. The minimum absolute atomic E-state index is 0.0585. The monoisotopic (exact) mass is 360 g/mol. The number of ketones is 1. The molecule has 1 atom stereocenters. The first-order valence-electron chi connectivity index (χ1n) is 8.45. The van der Waals surface area contributed by atoms with Crippen LogP contribution in [0.15, 0.2) is 36.4 Å². The Kier molecular flexibility index (Phi) is 5.74. The van der Waals surface area contributed by atoms with Gasteiger partial charge in [0, 0.05) is 5.56 Å². The second kappa shape index (κ2) is 7.48. The van der Waals surface area contributed by atoms with Crippen molar-refractivity contribution in [3.63, 3.8) is 0 Å². The zero-order chi connectivity index (χ0) is 19.6. The summed E-state index contributed by atoms with van der Waals surface area (Å²) in [4.78, 5) is 11.5. The van der Waals surface area contributed by atoms with Crippen LogP contribution in [0.5, 0.6) is 0 Å². The van der Waals surface area contributed by atoms with E-state index in [1.165, 1.54) is 19.1 Å². The lowest BCUT2D eigenvalue weighted by Crippen LogP contribution is -2.19. The van der Waals surface area contributed by atoms with Crippen LogP contribution in [0.4, 0.5) is 13.2 Å². The van der Waals surface area contributed by atoms with Gasteiger partial charge in [-0.1, -0.05) is 42.5 Å². The van der Waals surface area contributed by atoms with Gasteiger partial charge in [0.1, 0.15) is 0 Å². The first-order valence-corrected chi connectivity index (χ1v) is 8.45. The maximum absolute atomic E-state index is 13.6. The molecule has 4 heteroatoms. The highest BCUT2D eigenvalue weighted by Gasteiger charge is 2.39. The van der Waals surface area contributed by atoms with Crippen molar-refractivity contribution in [2.24, 2.45) is 0 Å². The van der Waals surface area contributed by atoms with Crippen LogP contribution in [-0.2, 0) is 0 Å². The summed E-state index contributed by atoms with van der Waals surface area (Å²) in [7, 11) is 0. The van der Waals surface area contributed by atoms with E-state index in [0.29, 0.717) is 11.1 Å². The van der Waals surface area contributed by atoms with E-state index >= 15 is 0 Å². The van der Waals surface area contributed by atoms with Crippen LogP contribution < -0.4 is 0 Å². The minimum atomic E-state index is -4.38. The molecule has 0 spiro atoms. The van der Waals surface area contributed by atoms with Gasteiger partial charge in [0.05, 0.1) is 5.92 Å². The molecular weight excluding hydrogens is 337 g/mol. The Morgan fingerprint density at radius 1 is 0.962 bits per heavy atom. The summed E-state index contributed by atoms with van der Waals surface area (Å²) in [6.45, 7) is 8.81. The third-order valence-corrected chi connectivity index (χ3v) is 4.77. The molecule has 0 aliphatic carbocycles. The lowest BCUT2D eigenvalue weighted by Gasteiger charge is -2.19. The van der Waals surface area contributed by atoms with Crippen LogP contribution in [0.25, 0.3) is 6.08 Å². The standard InChI is InChI=1S/C22H23F3O/c1-13-11-19(12-14(2)16(13)4)21(22(23,24)25)9-7-18-6-8-20(17(5)26)15(3)10-18/h6-12,21H,1-5H3/b9-7+. The number of benzene rings is 2. The molecule has 0 heterocycles. The predicted molar refractivity (Wildman–Crippen MR) is 99.7 cm³/mol. The van der Waals surface area contributed by atoms with Crippen LogP contribution in [0.3, 0.4) is 0 Å². The maximum Gasteiger partial charge on any atom is 0.399 e. The summed E-state index contributed by atoms with van der Waals surface area (Å²) in [5.74, 6) is -1.73. The SMILES string of the molecule is CC(=O)c1ccc(/C=C/C(c2cc(C)c(C)c(C)c2)C(F)(F)F)cc1C. The molecular formula is C22H23F3O. The Labute approximate surface area is 152 Å². The van der Waals surface area contributed by atoms with Crippen LogP contribution in [0, 0.1) is 27.7 Å². The van der Waals surface area contributed by atoms with Gasteiger partial charge in [-0.05, 0) is 68.0 Å². The van der Waals surface area contributed by atoms with Gasteiger partial charge in [0.25, 0.3) is 0 Å². The fraction of sp³-hybridized carbons (Fsp3) is 0.318. The first kappa shape index (κ1) is 20.0. The third kappa shape index (κ3) is 4.43. The molecule has 138 valence electrons. The Bertz CT molecular complexity index is 837. The third-order valence-electron chi connectivity index (χ3n) is 4.77. The van der Waals surface area contributed by atoms with E-state index in [-0.39, 0.29) is 11.3 Å². The topological polar surface area (TPSA) is 17.1 Å². The van der Waals surface area contributed by atoms with Gasteiger partial charge in [0.15, 0.2) is 5.78 Å². The number of carbonyl (C=O) groups excluding carboxylic acids is 1. The highest BCUT2D eigenvalue weighted by molar-refractivity contribution is 5.95. The van der Waals surface area contributed by atoms with E-state index in [1.807, 2.05) is 20.8 Å². The number of carbonyl (C=O) groups is 1. The molecule has 0 aromatic heterocycles. The van der Waals surface area contributed by atoms with Crippen molar-refractivity contribution in [1.82, 2.24) is 0 Å². The molecule has 0 radical (unpaired) electrons. The van der Waals surface area contributed by atoms with E-state index in [1.54, 1.807) is 37.3 Å². The molecule has 2 rings (SSSR count). The second-order valence-corrected chi connectivity index (χ2v) is 6.79. The lowest BCUT2D eigenvalue weighted by atomic mass is 9.91. The molecule has 0 amide bonds. The van der Waals surface area contributed by atoms with Crippen LogP contribution in [-0.4, -0.2) is 12.0 Å². The number of hydrogen-bond donors (Lipinski definition) is 0. The van der Waals surface area contributed by atoms with Crippen molar-refractivity contribution in [1.29, 1.82) is 0 Å². The predicted octanol–water partition coefficient (Wildman–Crippen LogP) is 6.48. The summed E-state index contributed by atoms with van der Waals surface area (Å²) >= 11 is 0. The highest BCUT2D eigenvalue weighted by atomic mass is 19.4. The van der Waals surface area contributed by atoms with Crippen molar-refractivity contribution in [3.05, 3.63) is 75.4 Å². The molecule has 0 aliphatic rings. The molecule has 0 saturated carbocycles. The van der Waals surface area contributed by atoms with Gasteiger partial charge in [0.2, 0.25) is 0 Å². The van der Waals surface area contributed by atoms with Crippen molar-refractivity contribution in [2.45, 2.75) is 46.7 Å². The van der Waals surface area contributed by atoms with Crippen LogP contribution in [0.1, 0.15) is 56.6 Å². The lowest BCUT2D eigenvalue weighted by molar-refractivity contribution is -0.139. The molecule has 26 heavy (non-hydrogen) atoms. The summed E-state index contributed by atoms with van der Waals surface area (Å²) in [6, 6.07) is 8.26. The highest BCUT2D eigenvalue weighted by Crippen LogP contribution is 2.37. The van der Waals surface area contributed by atoms with Crippen molar-refractivity contribution < 1.29 is 18.0 Å². The van der Waals surface area contributed by atoms with Gasteiger partial charge in [-0.2, -0.15) is 13.2 Å². The summed E-state index contributed by atoms with van der Waals surface area (Å²) in [5.41, 5.74) is 4.93. The summed E-state index contributed by atoms with van der Waals surface area (Å²) in [5, 5.41) is 0. The number of halogens is 3. The molecule has 2 aromatic carbocycles. The van der Waals surface area contributed by atoms with Crippen LogP contribution >= 0.6 is 0 Å². The fourth-order valence-corrected chi connectivity index (χ4v) is 3.05. The largest absolute Gasteiger partial charge is 0.399 e. The average molecular weight is 360 g/mol. The number of allylic oxidation sites excluding steroid dienone is 1. The average Bonchev–Trinajstić information content (AvgIpc) is 2.51. The Balaban J connectivity index is 2.42. The smallest absolute Gasteiger partial charge is 0.295 e. The zero-order valence-corrected chi connectivity index (χ0v) is 15.7. The summed E-state index contributed by atoms with van der Waals surface area (Å²) in [6.07, 6.45) is -1.72. The molecule has 0 bridgehead atoms. The van der Waals surface area contributed by atoms with Crippen molar-refractivity contribution in [3.8, 4) is 0 Å². The molecule has 1 nitrogen and oxygen atoms in total. The number of hydrogen-bond acceptors (Lipinski definition) is 1. The Morgan fingerprint density at radius 3 is 2.00 bits per heavy atom. The quantitative estimate of drug-likeness (QED) is 0.570. The number of rotatable bonds is 4. The molecule has 2 aromatic rings. The van der Waals surface area contributed by atoms with E-state index in [2.05, 4.69) is 0 Å². The molecule has 0 N–H and O–H groups in total. The number of aryl methyl sites for hydroxylation is 3. The maximum atomic E-state index is 13.6.